The van der Waals surface area contributed by atoms with E-state index < -0.39 is 0 Å². The van der Waals surface area contributed by atoms with Crippen molar-refractivity contribution < 1.29 is 9.59 Å². The maximum atomic E-state index is 12.5. The van der Waals surface area contributed by atoms with Gasteiger partial charge < -0.3 is 9.80 Å². The standard InChI is InChI=1S/C16H18ClN3O2/c1-2-19(8-4-7-18)16(22)12-9-15(21)20(11-12)14-6-3-5-13(17)10-14/h3,5-6,10,12H,2,4,8-9,11H2,1H3/t12-/m0/s1. The van der Waals surface area contributed by atoms with Crippen LogP contribution < -0.4 is 4.90 Å². The zero-order chi connectivity index (χ0) is 16.1. The second-order valence-corrected chi connectivity index (χ2v) is 5.65. The zero-order valence-corrected chi connectivity index (χ0v) is 13.2. The molecule has 1 aromatic carbocycles. The molecule has 0 radical (unpaired) electrons. The second-order valence-electron chi connectivity index (χ2n) is 5.21. The highest BCUT2D eigenvalue weighted by atomic mass is 35.5. The molecule has 0 aliphatic carbocycles. The highest BCUT2D eigenvalue weighted by molar-refractivity contribution is 6.30. The normalized spacial score (nSPS) is 17.4. The van der Waals surface area contributed by atoms with E-state index in [1.54, 1.807) is 28.0 Å². The number of hydrogen-bond acceptors (Lipinski definition) is 3. The first-order valence-corrected chi connectivity index (χ1v) is 7.66. The van der Waals surface area contributed by atoms with Gasteiger partial charge in [0.25, 0.3) is 0 Å². The van der Waals surface area contributed by atoms with Gasteiger partial charge in [0.1, 0.15) is 0 Å². The van der Waals surface area contributed by atoms with E-state index >= 15 is 0 Å². The van der Waals surface area contributed by atoms with Gasteiger partial charge in [-0.15, -0.1) is 0 Å². The number of anilines is 1. The van der Waals surface area contributed by atoms with Crippen LogP contribution in [0.15, 0.2) is 24.3 Å². The monoisotopic (exact) mass is 319 g/mol. The summed E-state index contributed by atoms with van der Waals surface area (Å²) in [6.07, 6.45) is 0.507. The van der Waals surface area contributed by atoms with Crippen LogP contribution in [0, 0.1) is 17.2 Å². The second kappa shape index (κ2) is 7.28. The number of hydrogen-bond donors (Lipinski definition) is 0. The van der Waals surface area contributed by atoms with Crippen LogP contribution in [0.4, 0.5) is 5.69 Å². The Morgan fingerprint density at radius 1 is 1.55 bits per heavy atom. The number of benzene rings is 1. The maximum absolute atomic E-state index is 12.5. The lowest BCUT2D eigenvalue weighted by molar-refractivity contribution is -0.135. The Hall–Kier alpha value is -2.06. The number of nitriles is 1. The van der Waals surface area contributed by atoms with Gasteiger partial charge in [0.05, 0.1) is 18.4 Å². The summed E-state index contributed by atoms with van der Waals surface area (Å²) in [6.45, 7) is 3.19. The molecule has 1 aromatic rings. The molecule has 0 saturated carbocycles. The molecule has 2 rings (SSSR count). The number of amides is 2. The number of nitrogens with zero attached hydrogens (tertiary/aromatic N) is 3. The molecule has 1 aliphatic heterocycles. The minimum Gasteiger partial charge on any atom is -0.342 e. The third-order valence-electron chi connectivity index (χ3n) is 3.78. The fourth-order valence-corrected chi connectivity index (χ4v) is 2.82. The molecule has 1 heterocycles. The van der Waals surface area contributed by atoms with E-state index in [1.165, 1.54) is 0 Å². The largest absolute Gasteiger partial charge is 0.342 e. The molecule has 0 N–H and O–H groups in total. The minimum absolute atomic E-state index is 0.0596. The predicted octanol–water partition coefficient (Wildman–Crippen LogP) is 2.46. The fourth-order valence-electron chi connectivity index (χ4n) is 2.63. The van der Waals surface area contributed by atoms with Crippen molar-refractivity contribution >= 4 is 29.1 Å². The molecule has 1 fully saturated rings. The third-order valence-corrected chi connectivity index (χ3v) is 4.02. The molecule has 5 nitrogen and oxygen atoms in total. The van der Waals surface area contributed by atoms with Crippen LogP contribution in [-0.4, -0.2) is 36.3 Å². The summed E-state index contributed by atoms with van der Waals surface area (Å²) in [5, 5.41) is 9.21. The Labute approximate surface area is 135 Å². The molecular formula is C16H18ClN3O2. The molecule has 22 heavy (non-hydrogen) atoms. The molecular weight excluding hydrogens is 302 g/mol. The smallest absolute Gasteiger partial charge is 0.228 e. The number of carbonyl (C=O) groups is 2. The van der Waals surface area contributed by atoms with Crippen molar-refractivity contribution in [3.8, 4) is 6.07 Å². The van der Waals surface area contributed by atoms with E-state index in [4.69, 9.17) is 16.9 Å². The van der Waals surface area contributed by atoms with Crippen molar-refractivity contribution in [3.05, 3.63) is 29.3 Å². The van der Waals surface area contributed by atoms with Gasteiger partial charge in [0.2, 0.25) is 11.8 Å². The van der Waals surface area contributed by atoms with E-state index in [2.05, 4.69) is 0 Å². The lowest BCUT2D eigenvalue weighted by Crippen LogP contribution is -2.38. The van der Waals surface area contributed by atoms with E-state index in [0.717, 1.165) is 0 Å². The van der Waals surface area contributed by atoms with Gasteiger partial charge in [0.15, 0.2) is 0 Å². The highest BCUT2D eigenvalue weighted by Crippen LogP contribution is 2.28. The molecule has 0 bridgehead atoms. The van der Waals surface area contributed by atoms with Crippen LogP contribution >= 0.6 is 11.6 Å². The van der Waals surface area contributed by atoms with Crippen LogP contribution in [0.1, 0.15) is 19.8 Å². The summed E-state index contributed by atoms with van der Waals surface area (Å²) in [6, 6.07) is 9.10. The van der Waals surface area contributed by atoms with Crippen molar-refractivity contribution in [1.29, 1.82) is 5.26 Å². The molecule has 1 aliphatic rings. The predicted molar refractivity (Wildman–Crippen MR) is 84.4 cm³/mol. The van der Waals surface area contributed by atoms with Gasteiger partial charge >= 0.3 is 0 Å². The average Bonchev–Trinajstić information content (AvgIpc) is 2.90. The quantitative estimate of drug-likeness (QED) is 0.837. The minimum atomic E-state index is -0.356. The topological polar surface area (TPSA) is 64.4 Å². The summed E-state index contributed by atoms with van der Waals surface area (Å²) < 4.78 is 0. The summed E-state index contributed by atoms with van der Waals surface area (Å²) >= 11 is 5.96. The molecule has 1 atom stereocenters. The molecule has 116 valence electrons. The van der Waals surface area contributed by atoms with Crippen LogP contribution in [-0.2, 0) is 9.59 Å². The maximum Gasteiger partial charge on any atom is 0.228 e. The van der Waals surface area contributed by atoms with Crippen LogP contribution in [0.2, 0.25) is 5.02 Å². The molecule has 0 unspecified atom stereocenters. The van der Waals surface area contributed by atoms with Gasteiger partial charge in [-0.05, 0) is 25.1 Å². The van der Waals surface area contributed by atoms with Gasteiger partial charge in [-0.3, -0.25) is 9.59 Å². The van der Waals surface area contributed by atoms with Crippen molar-refractivity contribution in [2.75, 3.05) is 24.5 Å². The summed E-state index contributed by atoms with van der Waals surface area (Å²) in [7, 11) is 0. The van der Waals surface area contributed by atoms with E-state index in [-0.39, 0.29) is 24.2 Å². The Morgan fingerprint density at radius 2 is 2.32 bits per heavy atom. The van der Waals surface area contributed by atoms with Gasteiger partial charge in [-0.2, -0.15) is 5.26 Å². The highest BCUT2D eigenvalue weighted by Gasteiger charge is 2.36. The number of carbonyl (C=O) groups excluding carboxylic acids is 2. The van der Waals surface area contributed by atoms with Crippen molar-refractivity contribution in [2.45, 2.75) is 19.8 Å². The molecule has 0 aromatic heterocycles. The average molecular weight is 320 g/mol. The first kappa shape index (κ1) is 16.3. The van der Waals surface area contributed by atoms with Gasteiger partial charge in [-0.1, -0.05) is 17.7 Å². The fraction of sp³-hybridized carbons (Fsp3) is 0.438. The lowest BCUT2D eigenvalue weighted by Gasteiger charge is -2.23. The van der Waals surface area contributed by atoms with Gasteiger partial charge in [0, 0.05) is 36.8 Å². The van der Waals surface area contributed by atoms with E-state index in [9.17, 15) is 9.59 Å². The van der Waals surface area contributed by atoms with E-state index in [0.29, 0.717) is 36.8 Å². The Morgan fingerprint density at radius 3 is 2.95 bits per heavy atom. The SMILES string of the molecule is CCN(CCC#N)C(=O)[C@H]1CC(=O)N(c2cccc(Cl)c2)C1. The number of rotatable bonds is 5. The van der Waals surface area contributed by atoms with Crippen molar-refractivity contribution in [2.24, 2.45) is 5.92 Å². The van der Waals surface area contributed by atoms with Crippen molar-refractivity contribution in [1.82, 2.24) is 4.90 Å². The Bertz CT molecular complexity index is 612. The van der Waals surface area contributed by atoms with Crippen molar-refractivity contribution in [3.63, 3.8) is 0 Å². The lowest BCUT2D eigenvalue weighted by atomic mass is 10.1. The van der Waals surface area contributed by atoms with Crippen LogP contribution in [0.3, 0.4) is 0 Å². The number of halogens is 1. The zero-order valence-electron chi connectivity index (χ0n) is 12.5. The third kappa shape index (κ3) is 3.58. The molecule has 1 saturated heterocycles. The summed E-state index contributed by atoms with van der Waals surface area (Å²) in [4.78, 5) is 27.9. The summed E-state index contributed by atoms with van der Waals surface area (Å²) in [5.41, 5.74) is 0.716. The van der Waals surface area contributed by atoms with E-state index in [1.807, 2.05) is 19.1 Å². The Kier molecular flexibility index (Phi) is 5.40. The summed E-state index contributed by atoms with van der Waals surface area (Å²) in [5.74, 6) is -0.488. The molecule has 2 amide bonds. The van der Waals surface area contributed by atoms with Crippen LogP contribution in [0.5, 0.6) is 0 Å². The van der Waals surface area contributed by atoms with Crippen LogP contribution in [0.25, 0.3) is 0 Å². The van der Waals surface area contributed by atoms with Gasteiger partial charge in [-0.25, -0.2) is 0 Å². The Balaban J connectivity index is 2.08. The first-order chi connectivity index (χ1) is 10.6. The first-order valence-electron chi connectivity index (χ1n) is 7.28. The molecule has 0 spiro atoms. The molecule has 6 heteroatoms.